The van der Waals surface area contributed by atoms with Crippen molar-refractivity contribution in [3.63, 3.8) is 0 Å². The highest BCUT2D eigenvalue weighted by atomic mass is 28.4. The summed E-state index contributed by atoms with van der Waals surface area (Å²) in [6.45, 7) is 18.3. The van der Waals surface area contributed by atoms with Crippen molar-refractivity contribution >= 4 is 19.9 Å². The lowest BCUT2D eigenvalue weighted by molar-refractivity contribution is -0.151. The molecule has 0 saturated carbocycles. The fourth-order valence-corrected chi connectivity index (χ4v) is 5.19. The first kappa shape index (κ1) is 29.8. The van der Waals surface area contributed by atoms with Crippen LogP contribution in [0.4, 0.5) is 13.2 Å². The topological polar surface area (TPSA) is 78.6 Å². The van der Waals surface area contributed by atoms with Gasteiger partial charge >= 0.3 is 12.1 Å². The molecule has 0 saturated heterocycles. The standard InChI is InChI=1S/C27H37F3N4O3Si/c1-16-11-12-19(31-20(16)15-37-38(9,10)25(3,4)5)21(26(6,7)24(35)36-8)18-13-14-34-22(17(18)2)32-33-23(34)27(28,29)30/h11-14,21H,15H2,1-10H3. The highest BCUT2D eigenvalue weighted by Gasteiger charge is 2.43. The molecule has 7 nitrogen and oxygen atoms in total. The van der Waals surface area contributed by atoms with Gasteiger partial charge in [0, 0.05) is 17.8 Å². The number of aryl methyl sites for hydroxylation is 2. The summed E-state index contributed by atoms with van der Waals surface area (Å²) >= 11 is 0. The minimum absolute atomic E-state index is 0.0218. The number of pyridine rings is 2. The maximum absolute atomic E-state index is 13.5. The van der Waals surface area contributed by atoms with E-state index in [0.717, 1.165) is 15.7 Å². The summed E-state index contributed by atoms with van der Waals surface area (Å²) in [4.78, 5) is 17.9. The normalized spacial score (nSPS) is 14.1. The number of nitrogens with zero attached hydrogens (tertiary/aromatic N) is 4. The van der Waals surface area contributed by atoms with Gasteiger partial charge in [-0.1, -0.05) is 26.8 Å². The zero-order chi connectivity index (χ0) is 28.8. The third-order valence-corrected chi connectivity index (χ3v) is 12.2. The summed E-state index contributed by atoms with van der Waals surface area (Å²) in [5.74, 6) is -2.22. The van der Waals surface area contributed by atoms with Crippen molar-refractivity contribution in [3.8, 4) is 0 Å². The van der Waals surface area contributed by atoms with Crippen LogP contribution in [0.25, 0.3) is 5.65 Å². The van der Waals surface area contributed by atoms with Crippen molar-refractivity contribution < 1.29 is 27.1 Å². The number of halogens is 3. The number of esters is 1. The number of carbonyl (C=O) groups excluding carboxylic acids is 1. The molecule has 0 aromatic carbocycles. The predicted molar refractivity (Wildman–Crippen MR) is 141 cm³/mol. The minimum atomic E-state index is -4.66. The number of hydrogen-bond acceptors (Lipinski definition) is 6. The summed E-state index contributed by atoms with van der Waals surface area (Å²) in [6, 6.07) is 5.35. The van der Waals surface area contributed by atoms with Crippen LogP contribution < -0.4 is 0 Å². The third kappa shape index (κ3) is 5.49. The summed E-state index contributed by atoms with van der Waals surface area (Å²) in [6.07, 6.45) is -3.37. The van der Waals surface area contributed by atoms with Gasteiger partial charge in [0.05, 0.1) is 24.8 Å². The summed E-state index contributed by atoms with van der Waals surface area (Å²) in [7, 11) is -0.744. The van der Waals surface area contributed by atoms with Crippen LogP contribution in [-0.2, 0) is 26.7 Å². The van der Waals surface area contributed by atoms with Crippen molar-refractivity contribution in [2.24, 2.45) is 5.41 Å². The number of methoxy groups -OCH3 is 1. The molecule has 208 valence electrons. The first-order chi connectivity index (χ1) is 17.3. The summed E-state index contributed by atoms with van der Waals surface area (Å²) < 4.78 is 52.8. The van der Waals surface area contributed by atoms with Gasteiger partial charge in [-0.3, -0.25) is 14.2 Å². The number of ether oxygens (including phenoxy) is 1. The molecule has 0 N–H and O–H groups in total. The maximum Gasteiger partial charge on any atom is 0.452 e. The Hall–Kier alpha value is -2.79. The fraction of sp³-hybridized carbons (Fsp3) is 0.556. The largest absolute Gasteiger partial charge is 0.469 e. The van der Waals surface area contributed by atoms with Crippen molar-refractivity contribution in [2.75, 3.05) is 7.11 Å². The Morgan fingerprint density at radius 3 is 2.24 bits per heavy atom. The molecule has 0 aliphatic carbocycles. The van der Waals surface area contributed by atoms with Gasteiger partial charge in [-0.15, -0.1) is 10.2 Å². The van der Waals surface area contributed by atoms with Gasteiger partial charge in [0.1, 0.15) is 0 Å². The summed E-state index contributed by atoms with van der Waals surface area (Å²) in [5, 5.41) is 7.22. The van der Waals surface area contributed by atoms with Crippen molar-refractivity contribution in [1.29, 1.82) is 0 Å². The molecular formula is C27H37F3N4O3Si. The van der Waals surface area contributed by atoms with Crippen LogP contribution in [0.15, 0.2) is 24.4 Å². The molecule has 0 bridgehead atoms. The Kier molecular flexibility index (Phi) is 7.88. The molecule has 38 heavy (non-hydrogen) atoms. The molecule has 3 aromatic rings. The molecule has 1 unspecified atom stereocenters. The Balaban J connectivity index is 2.18. The van der Waals surface area contributed by atoms with Crippen LogP contribution in [0, 0.1) is 19.3 Å². The number of fused-ring (bicyclic) bond motifs is 1. The number of aromatic nitrogens is 4. The van der Waals surface area contributed by atoms with E-state index in [9.17, 15) is 18.0 Å². The van der Waals surface area contributed by atoms with E-state index in [-0.39, 0.29) is 10.7 Å². The lowest BCUT2D eigenvalue weighted by Crippen LogP contribution is -2.40. The first-order valence-corrected chi connectivity index (χ1v) is 15.3. The number of carbonyl (C=O) groups is 1. The second-order valence-electron chi connectivity index (χ2n) is 11.8. The van der Waals surface area contributed by atoms with E-state index in [0.29, 0.717) is 23.4 Å². The third-order valence-electron chi connectivity index (χ3n) is 7.76. The lowest BCUT2D eigenvalue weighted by atomic mass is 9.72. The smallest absolute Gasteiger partial charge is 0.452 e. The SMILES string of the molecule is COC(=O)C(C)(C)C(c1ccc(C)c(CO[Si](C)(C)C(C)(C)C)n1)c1ccn2c(C(F)(F)F)nnc2c1C. The van der Waals surface area contributed by atoms with E-state index in [1.807, 2.05) is 19.1 Å². The van der Waals surface area contributed by atoms with Crippen molar-refractivity contribution in [1.82, 2.24) is 19.6 Å². The van der Waals surface area contributed by atoms with E-state index in [1.165, 1.54) is 13.3 Å². The van der Waals surface area contributed by atoms with Gasteiger partial charge in [-0.05, 0) is 74.7 Å². The van der Waals surface area contributed by atoms with Crippen LogP contribution in [0.5, 0.6) is 0 Å². The Labute approximate surface area is 222 Å². The number of alkyl halides is 3. The monoisotopic (exact) mass is 550 g/mol. The van der Waals surface area contributed by atoms with Gasteiger partial charge in [-0.25, -0.2) is 0 Å². The number of hydrogen-bond donors (Lipinski definition) is 0. The molecule has 3 aromatic heterocycles. The van der Waals surface area contributed by atoms with E-state index < -0.39 is 37.6 Å². The molecule has 11 heteroatoms. The quantitative estimate of drug-likeness (QED) is 0.243. The second kappa shape index (κ2) is 10.1. The van der Waals surface area contributed by atoms with E-state index in [1.54, 1.807) is 26.8 Å². The molecule has 0 amide bonds. The molecule has 0 radical (unpaired) electrons. The van der Waals surface area contributed by atoms with Crippen LogP contribution in [-0.4, -0.2) is 41.0 Å². The van der Waals surface area contributed by atoms with Crippen molar-refractivity contribution in [2.45, 2.75) is 85.3 Å². The van der Waals surface area contributed by atoms with Crippen LogP contribution in [0.1, 0.15) is 74.4 Å². The highest BCUT2D eigenvalue weighted by Crippen LogP contribution is 2.44. The zero-order valence-corrected chi connectivity index (χ0v) is 24.7. The molecule has 3 heterocycles. The van der Waals surface area contributed by atoms with Crippen LogP contribution in [0.2, 0.25) is 18.1 Å². The first-order valence-electron chi connectivity index (χ1n) is 12.4. The molecule has 0 aliphatic rings. The highest BCUT2D eigenvalue weighted by molar-refractivity contribution is 6.74. The van der Waals surface area contributed by atoms with E-state index in [4.69, 9.17) is 14.1 Å². The van der Waals surface area contributed by atoms with Gasteiger partial charge in [0.25, 0.3) is 0 Å². The fourth-order valence-electron chi connectivity index (χ4n) is 4.26. The maximum atomic E-state index is 13.5. The molecule has 3 rings (SSSR count). The average Bonchev–Trinajstić information content (AvgIpc) is 3.25. The Morgan fingerprint density at radius 2 is 1.68 bits per heavy atom. The Morgan fingerprint density at radius 1 is 1.05 bits per heavy atom. The molecule has 0 aliphatic heterocycles. The van der Waals surface area contributed by atoms with E-state index >= 15 is 0 Å². The molecule has 0 fully saturated rings. The summed E-state index contributed by atoms with van der Waals surface area (Å²) in [5.41, 5.74) is 2.32. The Bertz CT molecular complexity index is 1340. The lowest BCUT2D eigenvalue weighted by Gasteiger charge is -2.36. The molecule has 1 atom stereocenters. The van der Waals surface area contributed by atoms with Gasteiger partial charge in [0.15, 0.2) is 14.0 Å². The minimum Gasteiger partial charge on any atom is -0.469 e. The van der Waals surface area contributed by atoms with Crippen molar-refractivity contribution in [3.05, 3.63) is 58.3 Å². The molecule has 0 spiro atoms. The van der Waals surface area contributed by atoms with Gasteiger partial charge in [0.2, 0.25) is 5.82 Å². The average molecular weight is 551 g/mol. The zero-order valence-electron chi connectivity index (χ0n) is 23.7. The van der Waals surface area contributed by atoms with Gasteiger partial charge in [-0.2, -0.15) is 13.2 Å². The second-order valence-corrected chi connectivity index (χ2v) is 16.6. The number of rotatable bonds is 7. The predicted octanol–water partition coefficient (Wildman–Crippen LogP) is 6.61. The van der Waals surface area contributed by atoms with Crippen LogP contribution >= 0.6 is 0 Å². The van der Waals surface area contributed by atoms with E-state index in [2.05, 4.69) is 44.1 Å². The van der Waals surface area contributed by atoms with Crippen LogP contribution in [0.3, 0.4) is 0 Å². The van der Waals surface area contributed by atoms with Gasteiger partial charge < -0.3 is 9.16 Å². The molecular weight excluding hydrogens is 513 g/mol.